The first-order valence-electron chi connectivity index (χ1n) is 9.88. The number of ketones is 1. The molecule has 8 heteroatoms. The van der Waals surface area contributed by atoms with Crippen molar-refractivity contribution >= 4 is 23.3 Å². The minimum atomic E-state index is -0.571. The lowest BCUT2D eigenvalue weighted by Gasteiger charge is -2.35. The van der Waals surface area contributed by atoms with Gasteiger partial charge in [0.05, 0.1) is 39.7 Å². The molecule has 0 saturated carbocycles. The molecular formula is C22H23FN3O4+. The molecule has 0 bridgehead atoms. The molecule has 2 aliphatic rings. The summed E-state index contributed by atoms with van der Waals surface area (Å²) in [4.78, 5) is 39.3. The van der Waals surface area contributed by atoms with E-state index in [4.69, 9.17) is 4.74 Å². The number of methoxy groups -OCH3 is 1. The molecule has 1 atom stereocenters. The molecule has 7 nitrogen and oxygen atoms in total. The Hall–Kier alpha value is -3.26. The molecule has 2 aromatic carbocycles. The number of rotatable bonds is 5. The van der Waals surface area contributed by atoms with Gasteiger partial charge in [-0.05, 0) is 42.5 Å². The van der Waals surface area contributed by atoms with Gasteiger partial charge < -0.3 is 14.5 Å². The molecular weight excluding hydrogens is 389 g/mol. The summed E-state index contributed by atoms with van der Waals surface area (Å²) in [5.41, 5.74) is 1.73. The van der Waals surface area contributed by atoms with Gasteiger partial charge in [-0.1, -0.05) is 0 Å². The molecule has 0 unspecified atom stereocenters. The number of carbonyl (C=O) groups is 3. The number of quaternary nitrogens is 1. The Morgan fingerprint density at radius 3 is 2.33 bits per heavy atom. The summed E-state index contributed by atoms with van der Waals surface area (Å²) in [6, 6.07) is 11.1. The van der Waals surface area contributed by atoms with Crippen molar-refractivity contribution in [3.05, 3.63) is 59.4 Å². The molecule has 0 radical (unpaired) electrons. The molecule has 30 heavy (non-hydrogen) atoms. The van der Waals surface area contributed by atoms with Crippen LogP contribution in [0.1, 0.15) is 22.3 Å². The highest BCUT2D eigenvalue weighted by Gasteiger charge is 2.40. The van der Waals surface area contributed by atoms with E-state index in [2.05, 4.69) is 10.2 Å². The molecule has 2 aromatic rings. The van der Waals surface area contributed by atoms with Gasteiger partial charge in [-0.2, -0.15) is 0 Å². The Morgan fingerprint density at radius 1 is 1.10 bits per heavy atom. The van der Waals surface area contributed by atoms with Crippen LogP contribution in [0.3, 0.4) is 0 Å². The second kappa shape index (κ2) is 8.23. The second-order valence-electron chi connectivity index (χ2n) is 7.54. The van der Waals surface area contributed by atoms with Crippen molar-refractivity contribution < 1.29 is 28.4 Å². The number of imide groups is 1. The maximum Gasteiger partial charge on any atom is 0.285 e. The summed E-state index contributed by atoms with van der Waals surface area (Å²) < 4.78 is 18.8. The van der Waals surface area contributed by atoms with Crippen molar-refractivity contribution in [2.45, 2.75) is 12.5 Å². The zero-order valence-corrected chi connectivity index (χ0v) is 16.6. The zero-order valence-electron chi connectivity index (χ0n) is 16.6. The van der Waals surface area contributed by atoms with Gasteiger partial charge in [0.2, 0.25) is 5.91 Å². The third-order valence-electron chi connectivity index (χ3n) is 5.78. The van der Waals surface area contributed by atoms with E-state index in [0.717, 1.165) is 36.8 Å². The van der Waals surface area contributed by atoms with E-state index in [-0.39, 0.29) is 41.4 Å². The minimum absolute atomic E-state index is 0.0996. The first kappa shape index (κ1) is 20.0. The van der Waals surface area contributed by atoms with E-state index in [1.165, 1.54) is 19.2 Å². The Kier molecular flexibility index (Phi) is 5.50. The molecule has 2 N–H and O–H groups in total. The van der Waals surface area contributed by atoms with E-state index < -0.39 is 5.82 Å². The lowest BCUT2D eigenvalue weighted by atomic mass is 10.0. The first-order chi connectivity index (χ1) is 14.5. The van der Waals surface area contributed by atoms with Gasteiger partial charge in [0.1, 0.15) is 0 Å². The van der Waals surface area contributed by atoms with Crippen LogP contribution in [0.25, 0.3) is 0 Å². The van der Waals surface area contributed by atoms with Gasteiger partial charge >= 0.3 is 0 Å². The van der Waals surface area contributed by atoms with E-state index in [0.29, 0.717) is 5.56 Å². The number of piperazine rings is 1. The Morgan fingerprint density at radius 2 is 1.77 bits per heavy atom. The summed E-state index contributed by atoms with van der Waals surface area (Å²) in [6.07, 6.45) is 0.261. The minimum Gasteiger partial charge on any atom is -0.494 e. The van der Waals surface area contributed by atoms with Gasteiger partial charge in [0, 0.05) is 16.8 Å². The van der Waals surface area contributed by atoms with Crippen LogP contribution >= 0.6 is 0 Å². The zero-order chi connectivity index (χ0) is 21.3. The van der Waals surface area contributed by atoms with Gasteiger partial charge in [-0.15, -0.1) is 0 Å². The quantitative estimate of drug-likeness (QED) is 0.541. The van der Waals surface area contributed by atoms with Crippen LogP contribution in [0.4, 0.5) is 10.1 Å². The molecule has 2 aliphatic heterocycles. The van der Waals surface area contributed by atoms with Crippen molar-refractivity contribution in [2.24, 2.45) is 0 Å². The summed E-state index contributed by atoms with van der Waals surface area (Å²) in [7, 11) is 1.38. The van der Waals surface area contributed by atoms with Gasteiger partial charge in [-0.3, -0.25) is 19.7 Å². The molecule has 0 aromatic heterocycles. The number of carbonyl (C=O) groups excluding carboxylic acids is 3. The lowest BCUT2D eigenvalue weighted by molar-refractivity contribution is -0.915. The fraction of sp³-hybridized carbons (Fsp3) is 0.318. The summed E-state index contributed by atoms with van der Waals surface area (Å²) in [6.45, 7) is 3.03. The Balaban J connectivity index is 1.39. The third-order valence-corrected chi connectivity index (χ3v) is 5.78. The fourth-order valence-electron chi connectivity index (χ4n) is 4.08. The number of hydrogen-bond acceptors (Lipinski definition) is 5. The van der Waals surface area contributed by atoms with Crippen LogP contribution in [-0.4, -0.2) is 56.9 Å². The van der Waals surface area contributed by atoms with Crippen LogP contribution in [0.5, 0.6) is 5.75 Å². The van der Waals surface area contributed by atoms with Crippen molar-refractivity contribution in [1.82, 2.24) is 5.32 Å². The number of halogens is 1. The molecule has 156 valence electrons. The number of ether oxygens (including phenoxy) is 1. The summed E-state index contributed by atoms with van der Waals surface area (Å²) in [5, 5.41) is 2.37. The van der Waals surface area contributed by atoms with E-state index in [9.17, 15) is 18.8 Å². The SMILES string of the molecule is COc1ccc(C(=O)c2ccc(N3CC[NH+]([C@H]4CC(=O)NC4=O)CC3)cc2)cc1F. The van der Waals surface area contributed by atoms with Crippen LogP contribution in [-0.2, 0) is 9.59 Å². The molecule has 4 rings (SSSR count). The number of hydrogen-bond donors (Lipinski definition) is 2. The van der Waals surface area contributed by atoms with Gasteiger partial charge in [0.15, 0.2) is 23.4 Å². The Labute approximate surface area is 173 Å². The van der Waals surface area contributed by atoms with Crippen molar-refractivity contribution in [3.8, 4) is 5.75 Å². The Bertz CT molecular complexity index is 984. The maximum absolute atomic E-state index is 13.9. The lowest BCUT2D eigenvalue weighted by Crippen LogP contribution is -3.19. The fourth-order valence-corrected chi connectivity index (χ4v) is 4.08. The predicted molar refractivity (Wildman–Crippen MR) is 107 cm³/mol. The molecule has 2 saturated heterocycles. The molecule has 2 fully saturated rings. The normalized spacial score (nSPS) is 19.7. The number of benzene rings is 2. The molecule has 2 amide bonds. The topological polar surface area (TPSA) is 80.2 Å². The second-order valence-corrected chi connectivity index (χ2v) is 7.54. The van der Waals surface area contributed by atoms with Crippen LogP contribution in [0.2, 0.25) is 0 Å². The van der Waals surface area contributed by atoms with Gasteiger partial charge in [-0.25, -0.2) is 4.39 Å². The van der Waals surface area contributed by atoms with Gasteiger partial charge in [0.25, 0.3) is 5.91 Å². The largest absolute Gasteiger partial charge is 0.494 e. The van der Waals surface area contributed by atoms with Crippen LogP contribution in [0.15, 0.2) is 42.5 Å². The number of amides is 2. The monoisotopic (exact) mass is 412 g/mol. The molecule has 0 spiro atoms. The van der Waals surface area contributed by atoms with E-state index >= 15 is 0 Å². The number of anilines is 1. The van der Waals surface area contributed by atoms with Crippen LogP contribution < -0.4 is 19.9 Å². The summed E-state index contributed by atoms with van der Waals surface area (Å²) >= 11 is 0. The average Bonchev–Trinajstić information content (AvgIpc) is 3.11. The predicted octanol–water partition coefficient (Wildman–Crippen LogP) is 0.185. The molecule has 2 heterocycles. The highest BCUT2D eigenvalue weighted by Crippen LogP contribution is 2.21. The van der Waals surface area contributed by atoms with Crippen molar-refractivity contribution in [3.63, 3.8) is 0 Å². The standard InChI is InChI=1S/C22H22FN3O4/c1-30-19-7-4-15(12-17(19)23)21(28)14-2-5-16(6-3-14)25-8-10-26(11-9-25)18-13-20(27)24-22(18)29/h2-7,12,18H,8-11,13H2,1H3,(H,24,27,29)/p+1/t18-/m0/s1. The number of nitrogens with zero attached hydrogens (tertiary/aromatic N) is 1. The first-order valence-corrected chi connectivity index (χ1v) is 9.88. The highest BCUT2D eigenvalue weighted by molar-refractivity contribution is 6.09. The highest BCUT2D eigenvalue weighted by atomic mass is 19.1. The van der Waals surface area contributed by atoms with E-state index in [1.54, 1.807) is 18.2 Å². The van der Waals surface area contributed by atoms with Crippen molar-refractivity contribution in [1.29, 1.82) is 0 Å². The van der Waals surface area contributed by atoms with E-state index in [1.807, 2.05) is 12.1 Å². The van der Waals surface area contributed by atoms with Crippen LogP contribution in [0, 0.1) is 5.82 Å². The molecule has 0 aliphatic carbocycles. The smallest absolute Gasteiger partial charge is 0.285 e. The summed E-state index contributed by atoms with van der Waals surface area (Å²) in [5.74, 6) is -1.10. The van der Waals surface area contributed by atoms with Crippen molar-refractivity contribution in [2.75, 3.05) is 38.2 Å². The number of nitrogens with one attached hydrogen (secondary N) is 2. The average molecular weight is 412 g/mol. The maximum atomic E-state index is 13.9. The third kappa shape index (κ3) is 3.91.